The maximum absolute atomic E-state index is 5.97. The molecule has 2 rings (SSSR count). The molecule has 0 aliphatic carbocycles. The lowest BCUT2D eigenvalue weighted by atomic mass is 10.1. The summed E-state index contributed by atoms with van der Waals surface area (Å²) in [5.74, 6) is 2.33. The molecular formula is C18H23NO2. The van der Waals surface area contributed by atoms with E-state index in [1.54, 1.807) is 7.11 Å². The minimum Gasteiger partial charge on any atom is -0.493 e. The van der Waals surface area contributed by atoms with Crippen molar-refractivity contribution in [3.8, 4) is 17.2 Å². The topological polar surface area (TPSA) is 30.5 Å². The Morgan fingerprint density at radius 3 is 2.33 bits per heavy atom. The second-order valence-corrected chi connectivity index (χ2v) is 5.39. The van der Waals surface area contributed by atoms with E-state index < -0.39 is 0 Å². The number of hydrogen-bond acceptors (Lipinski definition) is 3. The van der Waals surface area contributed by atoms with Gasteiger partial charge in [0.25, 0.3) is 0 Å². The molecule has 0 saturated heterocycles. The van der Waals surface area contributed by atoms with E-state index in [1.165, 1.54) is 5.56 Å². The summed E-state index contributed by atoms with van der Waals surface area (Å²) in [7, 11) is 1.65. The van der Waals surface area contributed by atoms with Crippen molar-refractivity contribution in [3.05, 3.63) is 53.6 Å². The molecule has 0 fully saturated rings. The number of ether oxygens (including phenoxy) is 2. The summed E-state index contributed by atoms with van der Waals surface area (Å²) in [4.78, 5) is 0. The maximum atomic E-state index is 5.97. The zero-order valence-corrected chi connectivity index (χ0v) is 13.1. The lowest BCUT2D eigenvalue weighted by molar-refractivity contribution is 0.378. The predicted octanol–water partition coefficient (Wildman–Crippen LogP) is 4.29. The van der Waals surface area contributed by atoms with Crippen LogP contribution in [0.4, 0.5) is 0 Å². The normalized spacial score (nSPS) is 10.7. The third-order valence-electron chi connectivity index (χ3n) is 3.24. The Balaban J connectivity index is 2.14. The van der Waals surface area contributed by atoms with Crippen LogP contribution in [0.2, 0.25) is 0 Å². The predicted molar refractivity (Wildman–Crippen MR) is 86.2 cm³/mol. The molecule has 0 heterocycles. The fraction of sp³-hybridized carbons (Fsp3) is 0.333. The first-order chi connectivity index (χ1) is 10.1. The average Bonchev–Trinajstić information content (AvgIpc) is 2.48. The van der Waals surface area contributed by atoms with Crippen LogP contribution in [0.1, 0.15) is 25.0 Å². The first-order valence-corrected chi connectivity index (χ1v) is 7.24. The van der Waals surface area contributed by atoms with Gasteiger partial charge in [-0.1, -0.05) is 38.1 Å². The Morgan fingerprint density at radius 1 is 1.00 bits per heavy atom. The van der Waals surface area contributed by atoms with E-state index in [2.05, 4.69) is 38.2 Å². The number of nitrogens with one attached hydrogen (secondary N) is 1. The smallest absolute Gasteiger partial charge is 0.169 e. The second kappa shape index (κ2) is 7.14. The summed E-state index contributed by atoms with van der Waals surface area (Å²) < 4.78 is 11.3. The van der Waals surface area contributed by atoms with E-state index >= 15 is 0 Å². The molecule has 2 aromatic rings. The highest BCUT2D eigenvalue weighted by Crippen LogP contribution is 2.32. The number of para-hydroxylation sites is 2. The zero-order valence-electron chi connectivity index (χ0n) is 13.1. The molecule has 1 N–H and O–H groups in total. The molecule has 3 heteroatoms. The molecule has 0 aromatic heterocycles. The minimum atomic E-state index is 0.481. The van der Waals surface area contributed by atoms with Gasteiger partial charge in [-0.15, -0.1) is 0 Å². The largest absolute Gasteiger partial charge is 0.493 e. The van der Waals surface area contributed by atoms with E-state index in [4.69, 9.17) is 9.47 Å². The van der Waals surface area contributed by atoms with E-state index in [1.807, 2.05) is 30.3 Å². The van der Waals surface area contributed by atoms with E-state index in [0.717, 1.165) is 29.4 Å². The van der Waals surface area contributed by atoms with Gasteiger partial charge in [0.05, 0.1) is 7.11 Å². The van der Waals surface area contributed by atoms with Gasteiger partial charge in [-0.25, -0.2) is 0 Å². The van der Waals surface area contributed by atoms with Crippen LogP contribution in [0.15, 0.2) is 42.5 Å². The molecule has 0 amide bonds. The van der Waals surface area contributed by atoms with Crippen molar-refractivity contribution >= 4 is 0 Å². The molecule has 0 spiro atoms. The lowest BCUT2D eigenvalue weighted by Crippen LogP contribution is -2.21. The van der Waals surface area contributed by atoms with E-state index in [-0.39, 0.29) is 0 Å². The van der Waals surface area contributed by atoms with Gasteiger partial charge >= 0.3 is 0 Å². The first kappa shape index (κ1) is 15.4. The molecule has 0 aliphatic heterocycles. The van der Waals surface area contributed by atoms with Crippen LogP contribution in [-0.2, 0) is 6.54 Å². The molecule has 0 bridgehead atoms. The van der Waals surface area contributed by atoms with Crippen LogP contribution in [0.5, 0.6) is 17.2 Å². The lowest BCUT2D eigenvalue weighted by Gasteiger charge is -2.14. The van der Waals surface area contributed by atoms with Gasteiger partial charge in [0.2, 0.25) is 0 Å². The van der Waals surface area contributed by atoms with Gasteiger partial charge in [0.15, 0.2) is 11.5 Å². The van der Waals surface area contributed by atoms with Crippen LogP contribution >= 0.6 is 0 Å². The number of hydrogen-bond donors (Lipinski definition) is 1. The SMILES string of the molecule is COc1ccccc1Oc1ccc(CNC(C)C)cc1C. The summed E-state index contributed by atoms with van der Waals surface area (Å²) in [5.41, 5.74) is 2.37. The molecule has 0 aliphatic rings. The molecule has 0 saturated carbocycles. The van der Waals surface area contributed by atoms with Gasteiger partial charge in [-0.3, -0.25) is 0 Å². The van der Waals surface area contributed by atoms with Gasteiger partial charge in [0.1, 0.15) is 5.75 Å². The fourth-order valence-electron chi connectivity index (χ4n) is 2.08. The van der Waals surface area contributed by atoms with Crippen LogP contribution in [-0.4, -0.2) is 13.2 Å². The molecule has 2 aromatic carbocycles. The Morgan fingerprint density at radius 2 is 1.71 bits per heavy atom. The number of benzene rings is 2. The van der Waals surface area contributed by atoms with Crippen molar-refractivity contribution in [1.29, 1.82) is 0 Å². The Labute approximate surface area is 126 Å². The van der Waals surface area contributed by atoms with Crippen molar-refractivity contribution in [2.24, 2.45) is 0 Å². The molecule has 0 atom stereocenters. The second-order valence-electron chi connectivity index (χ2n) is 5.39. The maximum Gasteiger partial charge on any atom is 0.169 e. The Hall–Kier alpha value is -2.00. The zero-order chi connectivity index (χ0) is 15.2. The summed E-state index contributed by atoms with van der Waals surface area (Å²) >= 11 is 0. The molecule has 0 radical (unpaired) electrons. The van der Waals surface area contributed by atoms with Crippen molar-refractivity contribution in [1.82, 2.24) is 5.32 Å². The van der Waals surface area contributed by atoms with Crippen molar-refractivity contribution in [2.75, 3.05) is 7.11 Å². The van der Waals surface area contributed by atoms with Crippen molar-refractivity contribution in [2.45, 2.75) is 33.4 Å². The van der Waals surface area contributed by atoms with E-state index in [0.29, 0.717) is 6.04 Å². The average molecular weight is 285 g/mol. The quantitative estimate of drug-likeness (QED) is 0.858. The number of methoxy groups -OCH3 is 1. The van der Waals surface area contributed by atoms with Crippen LogP contribution in [0, 0.1) is 6.92 Å². The first-order valence-electron chi connectivity index (χ1n) is 7.24. The van der Waals surface area contributed by atoms with Gasteiger partial charge in [-0.05, 0) is 36.2 Å². The summed E-state index contributed by atoms with van der Waals surface area (Å²) in [6, 6.07) is 14.4. The Bertz CT molecular complexity index is 594. The van der Waals surface area contributed by atoms with Gasteiger partial charge < -0.3 is 14.8 Å². The van der Waals surface area contributed by atoms with Crippen molar-refractivity contribution in [3.63, 3.8) is 0 Å². The minimum absolute atomic E-state index is 0.481. The van der Waals surface area contributed by atoms with Crippen molar-refractivity contribution < 1.29 is 9.47 Å². The van der Waals surface area contributed by atoms with Crippen LogP contribution < -0.4 is 14.8 Å². The van der Waals surface area contributed by atoms with Crippen LogP contribution in [0.25, 0.3) is 0 Å². The fourth-order valence-corrected chi connectivity index (χ4v) is 2.08. The highest BCUT2D eigenvalue weighted by atomic mass is 16.5. The highest BCUT2D eigenvalue weighted by Gasteiger charge is 2.07. The Kier molecular flexibility index (Phi) is 5.23. The van der Waals surface area contributed by atoms with E-state index in [9.17, 15) is 0 Å². The number of rotatable bonds is 6. The standard InChI is InChI=1S/C18H23NO2/c1-13(2)19-12-15-9-10-16(14(3)11-15)21-18-8-6-5-7-17(18)20-4/h5-11,13,19H,12H2,1-4H3. The van der Waals surface area contributed by atoms with Gasteiger partial charge in [-0.2, -0.15) is 0 Å². The molecular weight excluding hydrogens is 262 g/mol. The summed E-state index contributed by atoms with van der Waals surface area (Å²) in [6.45, 7) is 7.22. The van der Waals surface area contributed by atoms with Gasteiger partial charge in [0, 0.05) is 12.6 Å². The summed E-state index contributed by atoms with van der Waals surface area (Å²) in [6.07, 6.45) is 0. The molecule has 112 valence electrons. The monoisotopic (exact) mass is 285 g/mol. The molecule has 21 heavy (non-hydrogen) atoms. The van der Waals surface area contributed by atoms with Crippen LogP contribution in [0.3, 0.4) is 0 Å². The third-order valence-corrected chi connectivity index (χ3v) is 3.24. The molecule has 0 unspecified atom stereocenters. The number of aryl methyl sites for hydroxylation is 1. The summed E-state index contributed by atoms with van der Waals surface area (Å²) in [5, 5.41) is 3.42. The highest BCUT2D eigenvalue weighted by molar-refractivity contribution is 5.45. The third kappa shape index (κ3) is 4.23. The molecule has 3 nitrogen and oxygen atoms in total.